The molecule has 1 N–H and O–H groups in total. The van der Waals surface area contributed by atoms with Crippen LogP contribution in [0.4, 0.5) is 0 Å². The van der Waals surface area contributed by atoms with Gasteiger partial charge in [-0.25, -0.2) is 17.8 Å². The van der Waals surface area contributed by atoms with Gasteiger partial charge < -0.3 is 0 Å². The van der Waals surface area contributed by atoms with E-state index in [1.165, 1.54) is 4.68 Å². The lowest BCUT2D eigenvalue weighted by Crippen LogP contribution is -2.29. The van der Waals surface area contributed by atoms with Gasteiger partial charge in [0.25, 0.3) is 5.56 Å². The van der Waals surface area contributed by atoms with Crippen LogP contribution in [0.15, 0.2) is 29.1 Å². The fraction of sp³-hybridized carbons (Fsp3) is 0.385. The van der Waals surface area contributed by atoms with Crippen LogP contribution in [0.3, 0.4) is 0 Å². The van der Waals surface area contributed by atoms with E-state index < -0.39 is 10.0 Å². The summed E-state index contributed by atoms with van der Waals surface area (Å²) in [5.74, 6) is 0. The molecular weight excluding hydrogens is 278 g/mol. The molecule has 0 spiro atoms. The van der Waals surface area contributed by atoms with Crippen molar-refractivity contribution in [1.82, 2.24) is 14.5 Å². The fourth-order valence-electron chi connectivity index (χ4n) is 2.17. The van der Waals surface area contributed by atoms with Gasteiger partial charge in [-0.3, -0.25) is 4.79 Å². The number of hydrogen-bond acceptors (Lipinski definition) is 4. The summed E-state index contributed by atoms with van der Waals surface area (Å²) in [6, 6.07) is 7.09. The molecule has 1 aromatic heterocycles. The molecule has 0 radical (unpaired) electrons. The van der Waals surface area contributed by atoms with E-state index in [4.69, 9.17) is 0 Å². The summed E-state index contributed by atoms with van der Waals surface area (Å²) in [4.78, 5) is 12.0. The Morgan fingerprint density at radius 1 is 1.30 bits per heavy atom. The summed E-state index contributed by atoms with van der Waals surface area (Å²) in [7, 11) is -1.69. The molecule has 1 saturated carbocycles. The first-order valence-corrected chi connectivity index (χ1v) is 7.97. The zero-order chi connectivity index (χ0) is 14.3. The van der Waals surface area contributed by atoms with Gasteiger partial charge >= 0.3 is 0 Å². The van der Waals surface area contributed by atoms with Crippen LogP contribution in [0, 0.1) is 0 Å². The van der Waals surface area contributed by atoms with Crippen molar-refractivity contribution in [2.45, 2.75) is 24.6 Å². The van der Waals surface area contributed by atoms with Crippen LogP contribution in [-0.4, -0.2) is 23.4 Å². The number of aryl methyl sites for hydroxylation is 1. The minimum absolute atomic E-state index is 0.105. The number of aromatic nitrogens is 2. The van der Waals surface area contributed by atoms with E-state index >= 15 is 0 Å². The maximum atomic E-state index is 12.0. The molecule has 2 aromatic rings. The minimum Gasteiger partial charge on any atom is -0.267 e. The fourth-order valence-corrected chi connectivity index (χ4v) is 3.50. The average molecular weight is 293 g/mol. The van der Waals surface area contributed by atoms with E-state index in [0.717, 1.165) is 12.8 Å². The largest absolute Gasteiger partial charge is 0.274 e. The van der Waals surface area contributed by atoms with E-state index in [9.17, 15) is 13.2 Å². The molecule has 1 fully saturated rings. The first-order valence-electron chi connectivity index (χ1n) is 6.42. The Balaban J connectivity index is 1.99. The lowest BCUT2D eigenvalue weighted by atomic mass is 10.1. The van der Waals surface area contributed by atoms with Crippen molar-refractivity contribution in [1.29, 1.82) is 0 Å². The van der Waals surface area contributed by atoms with Gasteiger partial charge in [0.15, 0.2) is 0 Å². The first kappa shape index (κ1) is 13.3. The molecule has 0 atom stereocenters. The third-order valence-corrected chi connectivity index (χ3v) is 5.33. The van der Waals surface area contributed by atoms with E-state index in [1.807, 2.05) is 6.07 Å². The normalized spacial score (nSPS) is 15.7. The molecule has 1 aliphatic carbocycles. The van der Waals surface area contributed by atoms with Gasteiger partial charge in [-0.15, -0.1) is 0 Å². The zero-order valence-electron chi connectivity index (χ0n) is 11.0. The number of rotatable bonds is 4. The van der Waals surface area contributed by atoms with Crippen molar-refractivity contribution >= 4 is 20.8 Å². The monoisotopic (exact) mass is 293 g/mol. The Kier molecular flexibility index (Phi) is 3.10. The van der Waals surface area contributed by atoms with E-state index in [0.29, 0.717) is 16.5 Å². The molecule has 0 aliphatic heterocycles. The molecular formula is C13H15N3O3S. The van der Waals surface area contributed by atoms with Crippen LogP contribution in [0.5, 0.6) is 0 Å². The molecule has 0 unspecified atom stereocenters. The zero-order valence-corrected chi connectivity index (χ0v) is 11.9. The van der Waals surface area contributed by atoms with Gasteiger partial charge in [-0.05, 0) is 18.9 Å². The Bertz CT molecular complexity index is 822. The lowest BCUT2D eigenvalue weighted by molar-refractivity contribution is 0.577. The highest BCUT2D eigenvalue weighted by Gasteiger charge is 2.35. The quantitative estimate of drug-likeness (QED) is 0.891. The highest BCUT2D eigenvalue weighted by Crippen LogP contribution is 2.27. The second-order valence-corrected chi connectivity index (χ2v) is 7.03. The smallest absolute Gasteiger partial charge is 0.267 e. The number of hydrogen-bond donors (Lipinski definition) is 1. The molecule has 7 heteroatoms. The summed E-state index contributed by atoms with van der Waals surface area (Å²) in [6.07, 6.45) is 1.44. The minimum atomic E-state index is -3.25. The van der Waals surface area contributed by atoms with Gasteiger partial charge in [0.05, 0.1) is 22.9 Å². The topological polar surface area (TPSA) is 81.1 Å². The van der Waals surface area contributed by atoms with Crippen LogP contribution in [-0.2, 0) is 23.6 Å². The van der Waals surface area contributed by atoms with E-state index in [-0.39, 0.29) is 17.4 Å². The Labute approximate surface area is 116 Å². The summed E-state index contributed by atoms with van der Waals surface area (Å²) < 4.78 is 27.5. The number of nitrogens with zero attached hydrogens (tertiary/aromatic N) is 2. The highest BCUT2D eigenvalue weighted by atomic mass is 32.2. The second kappa shape index (κ2) is 4.68. The Morgan fingerprint density at radius 3 is 2.60 bits per heavy atom. The molecule has 1 heterocycles. The highest BCUT2D eigenvalue weighted by molar-refractivity contribution is 7.90. The van der Waals surface area contributed by atoms with Crippen molar-refractivity contribution in [3.05, 3.63) is 40.3 Å². The summed E-state index contributed by atoms with van der Waals surface area (Å²) in [6.45, 7) is 0.105. The predicted molar refractivity (Wildman–Crippen MR) is 75.8 cm³/mol. The van der Waals surface area contributed by atoms with Crippen molar-refractivity contribution in [3.63, 3.8) is 0 Å². The molecule has 1 aromatic carbocycles. The summed E-state index contributed by atoms with van der Waals surface area (Å²) in [5.41, 5.74) is 0.376. The van der Waals surface area contributed by atoms with Gasteiger partial charge in [-0.2, -0.15) is 5.10 Å². The van der Waals surface area contributed by atoms with E-state index in [1.54, 1.807) is 25.2 Å². The SMILES string of the molecule is Cn1nc(CNS(=O)(=O)C2CC2)c2ccccc2c1=O. The third kappa shape index (κ3) is 2.34. The van der Waals surface area contributed by atoms with E-state index in [2.05, 4.69) is 9.82 Å². The second-order valence-electron chi connectivity index (χ2n) is 4.99. The molecule has 6 nitrogen and oxygen atoms in total. The average Bonchev–Trinajstić information content (AvgIpc) is 3.26. The Hall–Kier alpha value is -1.73. The van der Waals surface area contributed by atoms with Crippen LogP contribution in [0.2, 0.25) is 0 Å². The van der Waals surface area contributed by atoms with Gasteiger partial charge in [0.2, 0.25) is 10.0 Å². The molecule has 1 aliphatic rings. The molecule has 0 amide bonds. The van der Waals surface area contributed by atoms with Gasteiger partial charge in [-0.1, -0.05) is 18.2 Å². The van der Waals surface area contributed by atoms with Crippen LogP contribution in [0.25, 0.3) is 10.8 Å². The number of benzene rings is 1. The van der Waals surface area contributed by atoms with Crippen molar-refractivity contribution in [2.24, 2.45) is 7.05 Å². The van der Waals surface area contributed by atoms with Crippen LogP contribution >= 0.6 is 0 Å². The summed E-state index contributed by atoms with van der Waals surface area (Å²) in [5, 5.41) is 5.13. The molecule has 3 rings (SSSR count). The van der Waals surface area contributed by atoms with Gasteiger partial charge in [0, 0.05) is 12.4 Å². The third-order valence-electron chi connectivity index (χ3n) is 3.44. The van der Waals surface area contributed by atoms with Crippen LogP contribution in [0.1, 0.15) is 18.5 Å². The Morgan fingerprint density at radius 2 is 1.95 bits per heavy atom. The summed E-state index contributed by atoms with van der Waals surface area (Å²) >= 11 is 0. The number of nitrogens with one attached hydrogen (secondary N) is 1. The maximum absolute atomic E-state index is 12.0. The number of sulfonamides is 1. The lowest BCUT2D eigenvalue weighted by Gasteiger charge is -2.09. The molecule has 106 valence electrons. The van der Waals surface area contributed by atoms with Crippen molar-refractivity contribution in [2.75, 3.05) is 0 Å². The maximum Gasteiger partial charge on any atom is 0.274 e. The molecule has 20 heavy (non-hydrogen) atoms. The predicted octanol–water partition coefficient (Wildman–Crippen LogP) is 0.515. The van der Waals surface area contributed by atoms with Crippen molar-refractivity contribution in [3.8, 4) is 0 Å². The molecule has 0 bridgehead atoms. The van der Waals surface area contributed by atoms with Crippen molar-refractivity contribution < 1.29 is 8.42 Å². The van der Waals surface area contributed by atoms with Gasteiger partial charge in [0.1, 0.15) is 0 Å². The molecule has 0 saturated heterocycles. The van der Waals surface area contributed by atoms with Crippen LogP contribution < -0.4 is 10.3 Å². The first-order chi connectivity index (χ1) is 9.49. The standard InChI is InChI=1S/C13H15N3O3S/c1-16-13(17)11-5-3-2-4-10(11)12(15-16)8-14-20(18,19)9-6-7-9/h2-5,9,14H,6-8H2,1H3. The number of fused-ring (bicyclic) bond motifs is 1.